The van der Waals surface area contributed by atoms with Gasteiger partial charge in [-0.3, -0.25) is 19.2 Å². The maximum atomic E-state index is 12.3. The first-order valence-electron chi connectivity index (χ1n) is 10.0. The summed E-state index contributed by atoms with van der Waals surface area (Å²) in [7, 11) is 0. The van der Waals surface area contributed by atoms with Gasteiger partial charge in [0.25, 0.3) is 0 Å². The highest BCUT2D eigenvalue weighted by molar-refractivity contribution is 5.98. The molecule has 6 N–H and O–H groups in total. The van der Waals surface area contributed by atoms with E-state index >= 15 is 0 Å². The van der Waals surface area contributed by atoms with Crippen molar-refractivity contribution in [3.63, 3.8) is 0 Å². The standard InChI is InChI=1S/C21H32N4O5/c1-5-18(26)23-13(3)19(27)24-14(4)20(28)25-17-8-6-15(7-9-17)11-16(22)10-12(2)21(29)30/h6-9,12-14,16H,5,10-11,22H2,1-4H3,(H,23,26)(H,24,27)(H,25,28)(H,29,30)/t12-,13-,14-,16+/m0/s1. The Labute approximate surface area is 176 Å². The Bertz CT molecular complexity index is 750. The molecule has 0 radical (unpaired) electrons. The normalized spacial score (nSPS) is 14.7. The number of aliphatic carboxylic acids is 1. The van der Waals surface area contributed by atoms with Crippen molar-refractivity contribution in [3.8, 4) is 0 Å². The van der Waals surface area contributed by atoms with Crippen molar-refractivity contribution in [1.29, 1.82) is 0 Å². The number of amides is 3. The third kappa shape index (κ3) is 8.60. The average molecular weight is 421 g/mol. The van der Waals surface area contributed by atoms with Crippen LogP contribution in [0.3, 0.4) is 0 Å². The smallest absolute Gasteiger partial charge is 0.306 e. The van der Waals surface area contributed by atoms with E-state index < -0.39 is 35.8 Å². The number of carbonyl (C=O) groups excluding carboxylic acids is 3. The number of benzene rings is 1. The first-order valence-corrected chi connectivity index (χ1v) is 10.0. The number of hydrogen-bond acceptors (Lipinski definition) is 5. The predicted octanol–water partition coefficient (Wildman–Crippen LogP) is 1.03. The van der Waals surface area contributed by atoms with Crippen LogP contribution >= 0.6 is 0 Å². The summed E-state index contributed by atoms with van der Waals surface area (Å²) in [6.07, 6.45) is 1.18. The lowest BCUT2D eigenvalue weighted by Crippen LogP contribution is -2.50. The zero-order valence-electron chi connectivity index (χ0n) is 17.9. The van der Waals surface area contributed by atoms with Gasteiger partial charge in [0.15, 0.2) is 0 Å². The van der Waals surface area contributed by atoms with Gasteiger partial charge < -0.3 is 26.8 Å². The van der Waals surface area contributed by atoms with E-state index in [0.29, 0.717) is 18.5 Å². The van der Waals surface area contributed by atoms with E-state index in [2.05, 4.69) is 16.0 Å². The van der Waals surface area contributed by atoms with Crippen molar-refractivity contribution in [3.05, 3.63) is 29.8 Å². The van der Waals surface area contributed by atoms with Crippen molar-refractivity contribution in [2.75, 3.05) is 5.32 Å². The van der Waals surface area contributed by atoms with E-state index in [4.69, 9.17) is 10.8 Å². The molecule has 1 rings (SSSR count). The molecule has 0 heterocycles. The molecule has 0 aliphatic carbocycles. The van der Waals surface area contributed by atoms with Crippen LogP contribution in [0, 0.1) is 5.92 Å². The third-order valence-corrected chi connectivity index (χ3v) is 4.64. The number of carbonyl (C=O) groups is 4. The quantitative estimate of drug-likeness (QED) is 0.361. The van der Waals surface area contributed by atoms with Gasteiger partial charge in [-0.25, -0.2) is 0 Å². The molecule has 0 aliphatic rings. The van der Waals surface area contributed by atoms with Crippen LogP contribution in [-0.4, -0.2) is 46.9 Å². The SMILES string of the molecule is CCC(=O)N[C@@H](C)C(=O)N[C@@H](C)C(=O)Nc1ccc(C[C@H](N)C[C@H](C)C(=O)O)cc1. The first kappa shape index (κ1) is 25.1. The molecule has 0 saturated heterocycles. The number of rotatable bonds is 11. The lowest BCUT2D eigenvalue weighted by atomic mass is 9.97. The van der Waals surface area contributed by atoms with Gasteiger partial charge in [-0.2, -0.15) is 0 Å². The summed E-state index contributed by atoms with van der Waals surface area (Å²) in [4.78, 5) is 46.7. The molecule has 0 unspecified atom stereocenters. The Kier molecular flexibility index (Phi) is 9.97. The molecule has 3 amide bonds. The Morgan fingerprint density at radius 3 is 2.07 bits per heavy atom. The second-order valence-electron chi connectivity index (χ2n) is 7.50. The van der Waals surface area contributed by atoms with Crippen LogP contribution in [0.4, 0.5) is 5.69 Å². The van der Waals surface area contributed by atoms with Crippen LogP contribution in [0.1, 0.15) is 46.1 Å². The lowest BCUT2D eigenvalue weighted by molar-refractivity contribution is -0.141. The minimum absolute atomic E-state index is 0.244. The van der Waals surface area contributed by atoms with Gasteiger partial charge in [0, 0.05) is 18.2 Å². The van der Waals surface area contributed by atoms with Gasteiger partial charge >= 0.3 is 5.97 Å². The fourth-order valence-electron chi connectivity index (χ4n) is 2.73. The molecule has 9 heteroatoms. The van der Waals surface area contributed by atoms with Gasteiger partial charge in [-0.15, -0.1) is 0 Å². The lowest BCUT2D eigenvalue weighted by Gasteiger charge is -2.18. The minimum atomic E-state index is -0.869. The van der Waals surface area contributed by atoms with Crippen LogP contribution in [0.15, 0.2) is 24.3 Å². The van der Waals surface area contributed by atoms with Gasteiger partial charge in [-0.05, 0) is 44.4 Å². The molecule has 1 aromatic carbocycles. The van der Waals surface area contributed by atoms with Crippen LogP contribution < -0.4 is 21.7 Å². The highest BCUT2D eigenvalue weighted by Crippen LogP contribution is 2.14. The molecular formula is C21H32N4O5. The van der Waals surface area contributed by atoms with E-state index in [9.17, 15) is 19.2 Å². The van der Waals surface area contributed by atoms with E-state index in [1.165, 1.54) is 0 Å². The highest BCUT2D eigenvalue weighted by Gasteiger charge is 2.21. The molecule has 0 saturated carbocycles. The summed E-state index contributed by atoms with van der Waals surface area (Å²) < 4.78 is 0. The second-order valence-corrected chi connectivity index (χ2v) is 7.50. The van der Waals surface area contributed by atoms with Gasteiger partial charge in [-0.1, -0.05) is 26.0 Å². The zero-order valence-corrected chi connectivity index (χ0v) is 17.9. The van der Waals surface area contributed by atoms with E-state index in [0.717, 1.165) is 5.56 Å². The zero-order chi connectivity index (χ0) is 22.8. The van der Waals surface area contributed by atoms with Crippen molar-refractivity contribution < 1.29 is 24.3 Å². The number of nitrogens with two attached hydrogens (primary N) is 1. The third-order valence-electron chi connectivity index (χ3n) is 4.64. The van der Waals surface area contributed by atoms with Crippen LogP contribution in [0.2, 0.25) is 0 Å². The second kappa shape index (κ2) is 11.9. The fraction of sp³-hybridized carbons (Fsp3) is 0.524. The Morgan fingerprint density at radius 2 is 1.53 bits per heavy atom. The van der Waals surface area contributed by atoms with E-state index in [1.54, 1.807) is 39.8 Å². The summed E-state index contributed by atoms with van der Waals surface area (Å²) in [6, 6.07) is 5.27. The van der Waals surface area contributed by atoms with Crippen molar-refractivity contribution in [2.45, 2.75) is 65.1 Å². The maximum Gasteiger partial charge on any atom is 0.306 e. The number of nitrogens with one attached hydrogen (secondary N) is 3. The summed E-state index contributed by atoms with van der Waals surface area (Å²) >= 11 is 0. The fourth-order valence-corrected chi connectivity index (χ4v) is 2.73. The number of carboxylic acid groups (broad SMARTS) is 1. The Balaban J connectivity index is 2.54. The van der Waals surface area contributed by atoms with Crippen molar-refractivity contribution in [2.24, 2.45) is 11.7 Å². The summed E-state index contributed by atoms with van der Waals surface area (Å²) in [6.45, 7) is 6.41. The monoisotopic (exact) mass is 420 g/mol. The van der Waals surface area contributed by atoms with E-state index in [1.807, 2.05) is 12.1 Å². The number of anilines is 1. The van der Waals surface area contributed by atoms with Crippen LogP contribution in [-0.2, 0) is 25.6 Å². The molecule has 9 nitrogen and oxygen atoms in total. The van der Waals surface area contributed by atoms with Gasteiger partial charge in [0.2, 0.25) is 17.7 Å². The van der Waals surface area contributed by atoms with Crippen LogP contribution in [0.25, 0.3) is 0 Å². The largest absolute Gasteiger partial charge is 0.481 e. The topological polar surface area (TPSA) is 151 Å². The average Bonchev–Trinajstić information content (AvgIpc) is 2.68. The summed E-state index contributed by atoms with van der Waals surface area (Å²) in [5.41, 5.74) is 7.50. The first-order chi connectivity index (χ1) is 14.0. The number of carboxylic acids is 1. The summed E-state index contributed by atoms with van der Waals surface area (Å²) in [5.74, 6) is -2.46. The molecule has 0 aromatic heterocycles. The van der Waals surface area contributed by atoms with Gasteiger partial charge in [0.1, 0.15) is 12.1 Å². The number of hydrogen-bond donors (Lipinski definition) is 5. The minimum Gasteiger partial charge on any atom is -0.481 e. The molecule has 1 aromatic rings. The summed E-state index contributed by atoms with van der Waals surface area (Å²) in [5, 5.41) is 16.8. The molecule has 0 aliphatic heterocycles. The molecule has 0 bridgehead atoms. The Hall–Kier alpha value is -2.94. The molecule has 30 heavy (non-hydrogen) atoms. The maximum absolute atomic E-state index is 12.3. The highest BCUT2D eigenvalue weighted by atomic mass is 16.4. The van der Waals surface area contributed by atoms with Gasteiger partial charge in [0.05, 0.1) is 5.92 Å². The van der Waals surface area contributed by atoms with Crippen LogP contribution in [0.5, 0.6) is 0 Å². The molecule has 4 atom stereocenters. The molecule has 0 spiro atoms. The van der Waals surface area contributed by atoms with Crippen molar-refractivity contribution >= 4 is 29.4 Å². The molecule has 0 fully saturated rings. The van der Waals surface area contributed by atoms with Crippen molar-refractivity contribution in [1.82, 2.24) is 10.6 Å². The predicted molar refractivity (Wildman–Crippen MR) is 114 cm³/mol. The molecule has 166 valence electrons. The molecular weight excluding hydrogens is 388 g/mol. The Morgan fingerprint density at radius 1 is 0.967 bits per heavy atom. The van der Waals surface area contributed by atoms with E-state index in [-0.39, 0.29) is 18.4 Å².